The Morgan fingerprint density at radius 3 is 1.92 bits per heavy atom. The van der Waals surface area contributed by atoms with Crippen LogP contribution in [-0.2, 0) is 0 Å². The van der Waals surface area contributed by atoms with Gasteiger partial charge >= 0.3 is 0 Å². The molecule has 0 aliphatic rings. The monoisotopic (exact) mass is 169 g/mol. The number of aliphatic imine (C=N–C) groups is 1. The van der Waals surface area contributed by atoms with E-state index in [1.54, 1.807) is 0 Å². The Kier molecular flexibility index (Phi) is 5.19. The van der Waals surface area contributed by atoms with Gasteiger partial charge in [-0.25, -0.2) is 0 Å². The average molecular weight is 169 g/mol. The second-order valence-electron chi connectivity index (χ2n) is 4.47. The number of hydrogen-bond acceptors (Lipinski definition) is 1. The second-order valence-corrected chi connectivity index (χ2v) is 4.47. The molecule has 0 saturated heterocycles. The molecule has 0 bridgehead atoms. The molecule has 1 heteroatoms. The summed E-state index contributed by atoms with van der Waals surface area (Å²) in [7, 11) is 0. The first kappa shape index (κ1) is 11.7. The molecule has 0 heterocycles. The van der Waals surface area contributed by atoms with Crippen LogP contribution in [0.5, 0.6) is 0 Å². The van der Waals surface area contributed by atoms with E-state index in [-0.39, 0.29) is 0 Å². The molecule has 0 fully saturated rings. The van der Waals surface area contributed by atoms with E-state index in [9.17, 15) is 0 Å². The molecule has 0 unspecified atom stereocenters. The van der Waals surface area contributed by atoms with Gasteiger partial charge in [0.05, 0.1) is 0 Å². The highest BCUT2D eigenvalue weighted by Crippen LogP contribution is 2.18. The molecular formula is C11H23N. The highest BCUT2D eigenvalue weighted by Gasteiger charge is 2.08. The van der Waals surface area contributed by atoms with Crippen LogP contribution in [0.3, 0.4) is 0 Å². The van der Waals surface area contributed by atoms with Crippen molar-refractivity contribution in [3.63, 3.8) is 0 Å². The predicted octanol–water partition coefficient (Wildman–Crippen LogP) is 3.68. The molecule has 0 spiro atoms. The maximum atomic E-state index is 4.56. The molecule has 0 radical (unpaired) electrons. The molecule has 0 aromatic carbocycles. The Labute approximate surface area is 77.3 Å². The van der Waals surface area contributed by atoms with Crippen molar-refractivity contribution in [3.8, 4) is 0 Å². The molecule has 0 rings (SSSR count). The third kappa shape index (κ3) is 6.38. The number of rotatable bonds is 4. The number of nitrogens with zero attached hydrogens (tertiary/aromatic N) is 1. The van der Waals surface area contributed by atoms with Gasteiger partial charge in [-0.15, -0.1) is 0 Å². The summed E-state index contributed by atoms with van der Waals surface area (Å²) in [5, 5.41) is 0. The zero-order valence-corrected chi connectivity index (χ0v) is 9.28. The van der Waals surface area contributed by atoms with Gasteiger partial charge in [-0.2, -0.15) is 0 Å². The van der Waals surface area contributed by atoms with E-state index in [0.717, 1.165) is 19.4 Å². The lowest BCUT2D eigenvalue weighted by atomic mass is 9.92. The SMILES string of the molecule is CCC(CC)=NCCC(C)(C)C. The van der Waals surface area contributed by atoms with Crippen LogP contribution >= 0.6 is 0 Å². The van der Waals surface area contributed by atoms with Crippen molar-refractivity contribution in [2.45, 2.75) is 53.9 Å². The summed E-state index contributed by atoms with van der Waals surface area (Å²) in [6.07, 6.45) is 3.41. The molecule has 1 nitrogen and oxygen atoms in total. The second kappa shape index (κ2) is 5.34. The molecule has 0 aliphatic carbocycles. The molecule has 0 aromatic rings. The van der Waals surface area contributed by atoms with Gasteiger partial charge in [0.25, 0.3) is 0 Å². The molecular weight excluding hydrogens is 146 g/mol. The van der Waals surface area contributed by atoms with Crippen molar-refractivity contribution in [2.75, 3.05) is 6.54 Å². The minimum absolute atomic E-state index is 0.427. The molecule has 0 amide bonds. The van der Waals surface area contributed by atoms with Crippen LogP contribution in [-0.4, -0.2) is 12.3 Å². The molecule has 0 N–H and O–H groups in total. The van der Waals surface area contributed by atoms with Crippen LogP contribution in [0, 0.1) is 5.41 Å². The molecule has 72 valence electrons. The van der Waals surface area contributed by atoms with Gasteiger partial charge in [0.1, 0.15) is 0 Å². The van der Waals surface area contributed by atoms with E-state index in [0.29, 0.717) is 5.41 Å². The summed E-state index contributed by atoms with van der Waals surface area (Å²) < 4.78 is 0. The first-order valence-electron chi connectivity index (χ1n) is 5.01. The minimum Gasteiger partial charge on any atom is -0.294 e. The van der Waals surface area contributed by atoms with E-state index in [4.69, 9.17) is 0 Å². The lowest BCUT2D eigenvalue weighted by Crippen LogP contribution is -2.07. The summed E-state index contributed by atoms with van der Waals surface area (Å²) in [6.45, 7) is 12.2. The smallest absolute Gasteiger partial charge is 0.0393 e. The fraction of sp³-hybridized carbons (Fsp3) is 0.909. The van der Waals surface area contributed by atoms with E-state index in [2.05, 4.69) is 39.6 Å². The summed E-state index contributed by atoms with van der Waals surface area (Å²) in [6, 6.07) is 0. The molecule has 0 aromatic heterocycles. The van der Waals surface area contributed by atoms with E-state index in [1.165, 1.54) is 12.1 Å². The van der Waals surface area contributed by atoms with Crippen molar-refractivity contribution in [3.05, 3.63) is 0 Å². The summed E-state index contributed by atoms with van der Waals surface area (Å²) in [5.41, 5.74) is 1.79. The third-order valence-corrected chi connectivity index (χ3v) is 2.01. The van der Waals surface area contributed by atoms with Gasteiger partial charge in [0.2, 0.25) is 0 Å². The summed E-state index contributed by atoms with van der Waals surface area (Å²) in [5.74, 6) is 0. The van der Waals surface area contributed by atoms with Crippen molar-refractivity contribution in [2.24, 2.45) is 10.4 Å². The van der Waals surface area contributed by atoms with Crippen LogP contribution in [0.2, 0.25) is 0 Å². The normalized spacial score (nSPS) is 11.4. The maximum Gasteiger partial charge on any atom is 0.0393 e. The van der Waals surface area contributed by atoms with Gasteiger partial charge in [-0.05, 0) is 24.7 Å². The van der Waals surface area contributed by atoms with Crippen molar-refractivity contribution in [1.29, 1.82) is 0 Å². The molecule has 0 saturated carbocycles. The standard InChI is InChI=1S/C11H23N/c1-6-10(7-2)12-9-8-11(3,4)5/h6-9H2,1-5H3. The van der Waals surface area contributed by atoms with Gasteiger partial charge in [0.15, 0.2) is 0 Å². The molecule has 0 aliphatic heterocycles. The van der Waals surface area contributed by atoms with Gasteiger partial charge in [-0.1, -0.05) is 34.6 Å². The quantitative estimate of drug-likeness (QED) is 0.569. The Morgan fingerprint density at radius 1 is 1.08 bits per heavy atom. The first-order valence-corrected chi connectivity index (χ1v) is 5.01. The van der Waals surface area contributed by atoms with Crippen LogP contribution in [0.1, 0.15) is 53.9 Å². The summed E-state index contributed by atoms with van der Waals surface area (Å²) in [4.78, 5) is 4.56. The zero-order valence-electron chi connectivity index (χ0n) is 9.28. The van der Waals surface area contributed by atoms with E-state index >= 15 is 0 Å². The van der Waals surface area contributed by atoms with Crippen molar-refractivity contribution < 1.29 is 0 Å². The maximum absolute atomic E-state index is 4.56. The van der Waals surface area contributed by atoms with Crippen LogP contribution in [0.15, 0.2) is 4.99 Å². The lowest BCUT2D eigenvalue weighted by molar-refractivity contribution is 0.385. The van der Waals surface area contributed by atoms with Crippen LogP contribution in [0.25, 0.3) is 0 Å². The van der Waals surface area contributed by atoms with Gasteiger partial charge in [-0.3, -0.25) is 4.99 Å². The largest absolute Gasteiger partial charge is 0.294 e. The van der Waals surface area contributed by atoms with Gasteiger partial charge in [0, 0.05) is 12.3 Å². The van der Waals surface area contributed by atoms with Gasteiger partial charge < -0.3 is 0 Å². The fourth-order valence-corrected chi connectivity index (χ4v) is 1.02. The fourth-order valence-electron chi connectivity index (χ4n) is 1.02. The highest BCUT2D eigenvalue weighted by molar-refractivity contribution is 5.83. The Hall–Kier alpha value is -0.330. The van der Waals surface area contributed by atoms with Crippen LogP contribution < -0.4 is 0 Å². The van der Waals surface area contributed by atoms with Crippen LogP contribution in [0.4, 0.5) is 0 Å². The minimum atomic E-state index is 0.427. The Bertz CT molecular complexity index is 134. The number of hydrogen-bond donors (Lipinski definition) is 0. The highest BCUT2D eigenvalue weighted by atomic mass is 14.7. The molecule has 12 heavy (non-hydrogen) atoms. The topological polar surface area (TPSA) is 12.4 Å². The summed E-state index contributed by atoms with van der Waals surface area (Å²) >= 11 is 0. The predicted molar refractivity (Wildman–Crippen MR) is 57.0 cm³/mol. The zero-order chi connectivity index (χ0) is 9.61. The molecule has 0 atom stereocenters. The third-order valence-electron chi connectivity index (χ3n) is 2.01. The van der Waals surface area contributed by atoms with Crippen molar-refractivity contribution in [1.82, 2.24) is 0 Å². The average Bonchev–Trinajstić information content (AvgIpc) is 1.96. The Morgan fingerprint density at radius 2 is 1.58 bits per heavy atom. The van der Waals surface area contributed by atoms with E-state index < -0.39 is 0 Å². The Balaban J connectivity index is 3.72. The van der Waals surface area contributed by atoms with Crippen molar-refractivity contribution >= 4 is 5.71 Å². The lowest BCUT2D eigenvalue weighted by Gasteiger charge is -2.16. The first-order chi connectivity index (χ1) is 5.49. The van der Waals surface area contributed by atoms with E-state index in [1.807, 2.05) is 0 Å².